The number of rotatable bonds is 4. The first kappa shape index (κ1) is 14.9. The molecular weight excluding hydrogens is 288 g/mol. The molecule has 23 heavy (non-hydrogen) atoms. The van der Waals surface area contributed by atoms with Crippen molar-refractivity contribution >= 4 is 5.97 Å². The molecular formula is C20H16O3. The molecule has 3 aromatic rings. The summed E-state index contributed by atoms with van der Waals surface area (Å²) in [4.78, 5) is 11.6. The van der Waals surface area contributed by atoms with E-state index in [0.717, 1.165) is 11.1 Å². The highest BCUT2D eigenvalue weighted by Gasteiger charge is 2.25. The van der Waals surface area contributed by atoms with Crippen molar-refractivity contribution in [2.75, 3.05) is 0 Å². The number of phenols is 1. The smallest absolute Gasteiger partial charge is 0.336 e. The van der Waals surface area contributed by atoms with Crippen molar-refractivity contribution < 1.29 is 15.0 Å². The van der Waals surface area contributed by atoms with Gasteiger partial charge in [-0.05, 0) is 23.3 Å². The van der Waals surface area contributed by atoms with Gasteiger partial charge in [0.15, 0.2) is 0 Å². The second kappa shape index (κ2) is 6.36. The molecule has 0 fully saturated rings. The molecule has 0 saturated carbocycles. The summed E-state index contributed by atoms with van der Waals surface area (Å²) < 4.78 is 0. The van der Waals surface area contributed by atoms with Crippen molar-refractivity contribution in [2.24, 2.45) is 0 Å². The van der Waals surface area contributed by atoms with Crippen LogP contribution in [0.3, 0.4) is 0 Å². The van der Waals surface area contributed by atoms with Crippen LogP contribution in [0.25, 0.3) is 0 Å². The maximum Gasteiger partial charge on any atom is 0.336 e. The third-order valence-electron chi connectivity index (χ3n) is 3.87. The number of aromatic hydroxyl groups is 1. The second-order valence-electron chi connectivity index (χ2n) is 5.30. The van der Waals surface area contributed by atoms with Crippen molar-refractivity contribution in [2.45, 2.75) is 5.92 Å². The summed E-state index contributed by atoms with van der Waals surface area (Å²) in [7, 11) is 0. The Morgan fingerprint density at radius 3 is 1.74 bits per heavy atom. The van der Waals surface area contributed by atoms with Crippen LogP contribution in [0.5, 0.6) is 5.75 Å². The third-order valence-corrected chi connectivity index (χ3v) is 3.87. The molecule has 0 amide bonds. The van der Waals surface area contributed by atoms with Crippen LogP contribution in [0.1, 0.15) is 33.0 Å². The Hall–Kier alpha value is -3.07. The van der Waals surface area contributed by atoms with Crippen molar-refractivity contribution in [3.05, 3.63) is 101 Å². The molecule has 3 nitrogen and oxygen atoms in total. The lowest BCUT2D eigenvalue weighted by Gasteiger charge is -2.21. The van der Waals surface area contributed by atoms with Crippen LogP contribution in [-0.4, -0.2) is 16.2 Å². The number of carboxylic acid groups (broad SMARTS) is 1. The minimum absolute atomic E-state index is 0.0115. The fourth-order valence-electron chi connectivity index (χ4n) is 2.86. The van der Waals surface area contributed by atoms with Gasteiger partial charge in [-0.3, -0.25) is 0 Å². The first-order chi connectivity index (χ1) is 11.2. The zero-order valence-corrected chi connectivity index (χ0v) is 12.4. The molecule has 0 unspecified atom stereocenters. The van der Waals surface area contributed by atoms with Gasteiger partial charge in [-0.15, -0.1) is 0 Å². The van der Waals surface area contributed by atoms with Gasteiger partial charge in [0.2, 0.25) is 0 Å². The van der Waals surface area contributed by atoms with Crippen molar-refractivity contribution in [3.63, 3.8) is 0 Å². The Bertz CT molecular complexity index is 771. The lowest BCUT2D eigenvalue weighted by Crippen LogP contribution is -2.10. The Morgan fingerprint density at radius 2 is 1.26 bits per heavy atom. The normalized spacial score (nSPS) is 10.7. The molecule has 0 bridgehead atoms. The van der Waals surface area contributed by atoms with Crippen LogP contribution in [0, 0.1) is 0 Å². The van der Waals surface area contributed by atoms with E-state index in [-0.39, 0.29) is 17.2 Å². The van der Waals surface area contributed by atoms with Crippen molar-refractivity contribution in [1.29, 1.82) is 0 Å². The van der Waals surface area contributed by atoms with Crippen LogP contribution in [-0.2, 0) is 0 Å². The van der Waals surface area contributed by atoms with E-state index in [1.807, 2.05) is 60.7 Å². The number of hydrogen-bond donors (Lipinski definition) is 2. The number of benzene rings is 3. The van der Waals surface area contributed by atoms with E-state index in [9.17, 15) is 15.0 Å². The minimum Gasteiger partial charge on any atom is -0.508 e. The Labute approximate surface area is 134 Å². The van der Waals surface area contributed by atoms with Gasteiger partial charge in [0.25, 0.3) is 0 Å². The predicted octanol–water partition coefficient (Wildman–Crippen LogP) is 4.27. The lowest BCUT2D eigenvalue weighted by atomic mass is 9.82. The first-order valence-electron chi connectivity index (χ1n) is 7.33. The standard InChI is InChI=1S/C20H16O3/c21-17-13-7-12-16(20(22)23)19(17)18(14-8-3-1-4-9-14)15-10-5-2-6-11-15/h1-13,18,21H,(H,22,23). The summed E-state index contributed by atoms with van der Waals surface area (Å²) in [5.41, 5.74) is 2.39. The fraction of sp³-hybridized carbons (Fsp3) is 0.0500. The van der Waals surface area contributed by atoms with Crippen molar-refractivity contribution in [1.82, 2.24) is 0 Å². The van der Waals surface area contributed by atoms with Gasteiger partial charge in [-0.2, -0.15) is 0 Å². The molecule has 3 aromatic carbocycles. The topological polar surface area (TPSA) is 57.5 Å². The van der Waals surface area contributed by atoms with Gasteiger partial charge < -0.3 is 10.2 Å². The van der Waals surface area contributed by atoms with E-state index in [0.29, 0.717) is 5.56 Å². The van der Waals surface area contributed by atoms with E-state index in [4.69, 9.17) is 0 Å². The Balaban J connectivity index is 2.28. The quantitative estimate of drug-likeness (QED) is 0.708. The molecule has 0 heterocycles. The summed E-state index contributed by atoms with van der Waals surface area (Å²) in [6.07, 6.45) is 0. The molecule has 0 aromatic heterocycles. The van der Waals surface area contributed by atoms with Crippen LogP contribution in [0.2, 0.25) is 0 Å². The van der Waals surface area contributed by atoms with Crippen molar-refractivity contribution in [3.8, 4) is 5.75 Å². The lowest BCUT2D eigenvalue weighted by molar-refractivity contribution is 0.0695. The third kappa shape index (κ3) is 2.94. The van der Waals surface area contributed by atoms with E-state index in [2.05, 4.69) is 0 Å². The van der Waals surface area contributed by atoms with E-state index < -0.39 is 5.97 Å². The zero-order valence-electron chi connectivity index (χ0n) is 12.4. The van der Waals surface area contributed by atoms with Gasteiger partial charge in [0.1, 0.15) is 5.75 Å². The summed E-state index contributed by atoms with van der Waals surface area (Å²) >= 11 is 0. The van der Waals surface area contributed by atoms with Crippen LogP contribution in [0.4, 0.5) is 0 Å². The zero-order chi connectivity index (χ0) is 16.2. The van der Waals surface area contributed by atoms with Gasteiger partial charge in [0, 0.05) is 11.5 Å². The molecule has 2 N–H and O–H groups in total. The maximum atomic E-state index is 11.6. The summed E-state index contributed by atoms with van der Waals surface area (Å²) in [6.45, 7) is 0. The van der Waals surface area contributed by atoms with Gasteiger partial charge in [0.05, 0.1) is 5.56 Å². The van der Waals surface area contributed by atoms with E-state index >= 15 is 0 Å². The number of carbonyl (C=O) groups is 1. The molecule has 3 heteroatoms. The monoisotopic (exact) mass is 304 g/mol. The molecule has 3 rings (SSSR count). The predicted molar refractivity (Wildman–Crippen MR) is 88.9 cm³/mol. The highest BCUT2D eigenvalue weighted by molar-refractivity contribution is 5.91. The van der Waals surface area contributed by atoms with E-state index in [1.165, 1.54) is 12.1 Å². The summed E-state index contributed by atoms with van der Waals surface area (Å²) in [5, 5.41) is 19.9. The van der Waals surface area contributed by atoms with E-state index in [1.54, 1.807) is 6.07 Å². The van der Waals surface area contributed by atoms with Gasteiger partial charge >= 0.3 is 5.97 Å². The first-order valence-corrected chi connectivity index (χ1v) is 7.33. The Kier molecular flexibility index (Phi) is 4.11. The molecule has 0 radical (unpaired) electrons. The molecule has 0 aliphatic carbocycles. The highest BCUT2D eigenvalue weighted by Crippen LogP contribution is 2.38. The average Bonchev–Trinajstić information content (AvgIpc) is 2.58. The molecule has 0 aliphatic rings. The summed E-state index contributed by atoms with van der Waals surface area (Å²) in [6, 6.07) is 23.8. The number of aromatic carboxylic acids is 1. The van der Waals surface area contributed by atoms with Gasteiger partial charge in [-0.1, -0.05) is 66.7 Å². The maximum absolute atomic E-state index is 11.6. The average molecular weight is 304 g/mol. The summed E-state index contributed by atoms with van der Waals surface area (Å²) in [5.74, 6) is -1.40. The fourth-order valence-corrected chi connectivity index (χ4v) is 2.86. The molecule has 0 atom stereocenters. The highest BCUT2D eigenvalue weighted by atomic mass is 16.4. The molecule has 0 spiro atoms. The second-order valence-corrected chi connectivity index (χ2v) is 5.30. The van der Waals surface area contributed by atoms with Gasteiger partial charge in [-0.25, -0.2) is 4.79 Å². The van der Waals surface area contributed by atoms with Crippen LogP contribution < -0.4 is 0 Å². The van der Waals surface area contributed by atoms with Crippen LogP contribution >= 0.6 is 0 Å². The number of hydrogen-bond acceptors (Lipinski definition) is 2. The SMILES string of the molecule is O=C(O)c1cccc(O)c1C(c1ccccc1)c1ccccc1. The minimum atomic E-state index is -1.05. The number of phenolic OH excluding ortho intramolecular Hbond substituents is 1. The molecule has 0 saturated heterocycles. The number of carboxylic acids is 1. The molecule has 0 aliphatic heterocycles. The van der Waals surface area contributed by atoms with Crippen LogP contribution in [0.15, 0.2) is 78.9 Å². The molecule has 114 valence electrons. The largest absolute Gasteiger partial charge is 0.508 e. The Morgan fingerprint density at radius 1 is 0.739 bits per heavy atom.